The highest BCUT2D eigenvalue weighted by molar-refractivity contribution is 7.89. The minimum absolute atomic E-state index is 0.160. The monoisotopic (exact) mass is 445 g/mol. The Morgan fingerprint density at radius 3 is 2.54 bits per heavy atom. The van der Waals surface area contributed by atoms with E-state index in [1.807, 2.05) is 0 Å². The molecule has 0 amide bonds. The number of anilines is 1. The first kappa shape index (κ1) is 20.2. The number of aromatic nitrogens is 2. The number of piperazine rings is 1. The van der Waals surface area contributed by atoms with Crippen LogP contribution in [0.3, 0.4) is 0 Å². The second-order valence-corrected chi connectivity index (χ2v) is 10.7. The molecule has 4 rings (SSSR count). The summed E-state index contributed by atoms with van der Waals surface area (Å²) in [5, 5.41) is 0.261. The SMILES string of the molecule is CCS(=O)(=O)N1CCN(Cc2cc3nc(Cl)nc(N4CCOCC4)c3s2)CC1. The number of nitrogens with zero attached hydrogens (tertiary/aromatic N) is 5. The highest BCUT2D eigenvalue weighted by Crippen LogP contribution is 2.34. The van der Waals surface area contributed by atoms with Gasteiger partial charge >= 0.3 is 0 Å². The second kappa shape index (κ2) is 8.37. The zero-order chi connectivity index (χ0) is 19.7. The van der Waals surface area contributed by atoms with Crippen molar-refractivity contribution in [3.8, 4) is 0 Å². The summed E-state index contributed by atoms with van der Waals surface area (Å²) in [6.07, 6.45) is 0. The molecule has 8 nitrogen and oxygen atoms in total. The van der Waals surface area contributed by atoms with Gasteiger partial charge in [0.1, 0.15) is 0 Å². The average Bonchev–Trinajstić information content (AvgIpc) is 3.10. The van der Waals surface area contributed by atoms with Gasteiger partial charge in [0.05, 0.1) is 29.2 Å². The van der Waals surface area contributed by atoms with Crippen molar-refractivity contribution in [2.75, 3.05) is 63.1 Å². The lowest BCUT2D eigenvalue weighted by Gasteiger charge is -2.33. The molecule has 2 saturated heterocycles. The first-order valence-electron chi connectivity index (χ1n) is 9.45. The first-order valence-corrected chi connectivity index (χ1v) is 12.3. The van der Waals surface area contributed by atoms with Crippen molar-refractivity contribution >= 4 is 49.0 Å². The Hall–Kier alpha value is -1.04. The fourth-order valence-corrected chi connectivity index (χ4v) is 5.98. The molecule has 0 aliphatic carbocycles. The fourth-order valence-electron chi connectivity index (χ4n) is 3.57. The summed E-state index contributed by atoms with van der Waals surface area (Å²) < 4.78 is 32.1. The largest absolute Gasteiger partial charge is 0.378 e. The van der Waals surface area contributed by atoms with Gasteiger partial charge in [0, 0.05) is 50.7 Å². The number of sulfonamides is 1. The Bertz CT molecular complexity index is 938. The number of halogens is 1. The molecule has 0 unspecified atom stereocenters. The van der Waals surface area contributed by atoms with Crippen molar-refractivity contribution in [1.82, 2.24) is 19.2 Å². The van der Waals surface area contributed by atoms with Crippen molar-refractivity contribution < 1.29 is 13.2 Å². The van der Waals surface area contributed by atoms with Crippen molar-refractivity contribution in [3.63, 3.8) is 0 Å². The number of thiophene rings is 1. The molecule has 2 aromatic rings. The molecule has 0 N–H and O–H groups in total. The Morgan fingerprint density at radius 1 is 1.14 bits per heavy atom. The second-order valence-electron chi connectivity index (χ2n) is 6.92. The molecule has 154 valence electrons. The summed E-state index contributed by atoms with van der Waals surface area (Å²) in [6, 6.07) is 2.08. The molecule has 2 aromatic heterocycles. The van der Waals surface area contributed by atoms with Crippen LogP contribution in [0.4, 0.5) is 5.82 Å². The molecule has 0 radical (unpaired) electrons. The van der Waals surface area contributed by atoms with E-state index < -0.39 is 10.0 Å². The first-order chi connectivity index (χ1) is 13.5. The molecule has 0 bridgehead atoms. The Morgan fingerprint density at radius 2 is 1.86 bits per heavy atom. The topological polar surface area (TPSA) is 78.9 Å². The maximum absolute atomic E-state index is 12.0. The van der Waals surface area contributed by atoms with Crippen LogP contribution in [0.1, 0.15) is 11.8 Å². The van der Waals surface area contributed by atoms with Gasteiger partial charge < -0.3 is 9.64 Å². The van der Waals surface area contributed by atoms with Crippen molar-refractivity contribution in [3.05, 3.63) is 16.2 Å². The summed E-state index contributed by atoms with van der Waals surface area (Å²) in [7, 11) is -3.10. The minimum Gasteiger partial charge on any atom is -0.378 e. The predicted octanol–water partition coefficient (Wildman–Crippen LogP) is 1.65. The van der Waals surface area contributed by atoms with Crippen molar-refractivity contribution in [1.29, 1.82) is 0 Å². The van der Waals surface area contributed by atoms with Gasteiger partial charge in [0.25, 0.3) is 0 Å². The third-order valence-corrected chi connectivity index (χ3v) is 8.31. The summed E-state index contributed by atoms with van der Waals surface area (Å²) in [5.41, 5.74) is 0.869. The lowest BCUT2D eigenvalue weighted by Crippen LogP contribution is -2.48. The number of morpholine rings is 1. The summed E-state index contributed by atoms with van der Waals surface area (Å²) >= 11 is 7.86. The van der Waals surface area contributed by atoms with E-state index in [1.165, 1.54) is 4.88 Å². The van der Waals surface area contributed by atoms with E-state index in [0.717, 1.165) is 48.8 Å². The zero-order valence-electron chi connectivity index (χ0n) is 15.8. The standard InChI is InChI=1S/C17H24ClN5O3S2/c1-2-28(24,25)23-5-3-21(4-6-23)12-13-11-14-15(27-13)16(20-17(18)19-14)22-7-9-26-10-8-22/h11H,2-10,12H2,1H3. The Balaban J connectivity index is 1.50. The van der Waals surface area contributed by atoms with Gasteiger partial charge in [-0.15, -0.1) is 11.3 Å². The molecule has 2 aliphatic rings. The number of ether oxygens (including phenoxy) is 1. The van der Waals surface area contributed by atoms with E-state index in [-0.39, 0.29) is 11.0 Å². The molecule has 0 aromatic carbocycles. The lowest BCUT2D eigenvalue weighted by molar-refractivity contribution is 0.122. The normalized spacial score (nSPS) is 20.1. The highest BCUT2D eigenvalue weighted by atomic mass is 35.5. The molecule has 2 aliphatic heterocycles. The van der Waals surface area contributed by atoms with Gasteiger partial charge in [0.2, 0.25) is 15.3 Å². The number of rotatable bonds is 5. The molecule has 0 atom stereocenters. The molecular weight excluding hydrogens is 422 g/mol. The van der Waals surface area contributed by atoms with E-state index >= 15 is 0 Å². The van der Waals surface area contributed by atoms with E-state index in [1.54, 1.807) is 22.6 Å². The van der Waals surface area contributed by atoms with E-state index in [2.05, 4.69) is 25.8 Å². The van der Waals surface area contributed by atoms with Crippen LogP contribution >= 0.6 is 22.9 Å². The van der Waals surface area contributed by atoms with Gasteiger partial charge in [-0.25, -0.2) is 13.4 Å². The zero-order valence-corrected chi connectivity index (χ0v) is 18.2. The van der Waals surface area contributed by atoms with Crippen LogP contribution in [0.2, 0.25) is 5.28 Å². The van der Waals surface area contributed by atoms with Crippen LogP contribution in [0, 0.1) is 0 Å². The summed E-state index contributed by atoms with van der Waals surface area (Å²) in [5.74, 6) is 1.04. The number of hydrogen-bond acceptors (Lipinski definition) is 8. The smallest absolute Gasteiger partial charge is 0.224 e. The molecular formula is C17H24ClN5O3S2. The van der Waals surface area contributed by atoms with Gasteiger partial charge in [0.15, 0.2) is 5.82 Å². The van der Waals surface area contributed by atoms with Crippen LogP contribution in [0.25, 0.3) is 10.2 Å². The Kier molecular flexibility index (Phi) is 6.05. The van der Waals surface area contributed by atoms with Crippen LogP contribution in [0.15, 0.2) is 6.07 Å². The maximum Gasteiger partial charge on any atom is 0.224 e. The number of fused-ring (bicyclic) bond motifs is 1. The van der Waals surface area contributed by atoms with E-state index in [4.69, 9.17) is 16.3 Å². The van der Waals surface area contributed by atoms with Crippen LogP contribution in [-0.4, -0.2) is 85.8 Å². The Labute approximate surface area is 174 Å². The minimum atomic E-state index is -3.10. The molecule has 2 fully saturated rings. The molecule has 4 heterocycles. The summed E-state index contributed by atoms with van der Waals surface area (Å²) in [6.45, 7) is 7.99. The molecule has 0 spiro atoms. The predicted molar refractivity (Wildman–Crippen MR) is 112 cm³/mol. The van der Waals surface area contributed by atoms with Gasteiger partial charge in [-0.1, -0.05) is 0 Å². The van der Waals surface area contributed by atoms with Crippen LogP contribution in [0.5, 0.6) is 0 Å². The van der Waals surface area contributed by atoms with Crippen LogP contribution in [-0.2, 0) is 21.3 Å². The third kappa shape index (κ3) is 4.27. The van der Waals surface area contributed by atoms with Gasteiger partial charge in [-0.05, 0) is 24.6 Å². The average molecular weight is 446 g/mol. The molecule has 28 heavy (non-hydrogen) atoms. The van der Waals surface area contributed by atoms with Gasteiger partial charge in [-0.3, -0.25) is 4.90 Å². The quantitative estimate of drug-likeness (QED) is 0.647. The highest BCUT2D eigenvalue weighted by Gasteiger charge is 2.26. The fraction of sp³-hybridized carbons (Fsp3) is 0.647. The number of hydrogen-bond donors (Lipinski definition) is 0. The molecule has 11 heteroatoms. The summed E-state index contributed by atoms with van der Waals surface area (Å²) in [4.78, 5) is 14.6. The van der Waals surface area contributed by atoms with Gasteiger partial charge in [-0.2, -0.15) is 9.29 Å². The van der Waals surface area contributed by atoms with E-state index in [0.29, 0.717) is 26.3 Å². The van der Waals surface area contributed by atoms with E-state index in [9.17, 15) is 8.42 Å². The lowest BCUT2D eigenvalue weighted by atomic mass is 10.3. The maximum atomic E-state index is 12.0. The third-order valence-electron chi connectivity index (χ3n) is 5.16. The van der Waals surface area contributed by atoms with Crippen molar-refractivity contribution in [2.24, 2.45) is 0 Å². The molecule has 0 saturated carbocycles. The van der Waals surface area contributed by atoms with Crippen molar-refractivity contribution in [2.45, 2.75) is 13.5 Å². The van der Waals surface area contributed by atoms with Crippen LogP contribution < -0.4 is 4.90 Å².